The molecule has 20 heavy (non-hydrogen) atoms. The summed E-state index contributed by atoms with van der Waals surface area (Å²) in [6.07, 6.45) is 1.96. The molecule has 110 valence electrons. The van der Waals surface area contributed by atoms with Crippen LogP contribution in [0.4, 0.5) is 0 Å². The fourth-order valence-electron chi connectivity index (χ4n) is 2.45. The molecule has 1 aromatic rings. The smallest absolute Gasteiger partial charge is 0.255 e. The van der Waals surface area contributed by atoms with Crippen LogP contribution in [0.5, 0.6) is 0 Å². The summed E-state index contributed by atoms with van der Waals surface area (Å²) in [4.78, 5) is 14.5. The predicted octanol–water partition coefficient (Wildman–Crippen LogP) is 2.35. The topological polar surface area (TPSA) is 54.5 Å². The highest BCUT2D eigenvalue weighted by atomic mass is 32.2. The molecule has 0 N–H and O–H groups in total. The van der Waals surface area contributed by atoms with Crippen LogP contribution >= 0.6 is 0 Å². The second-order valence-corrected chi connectivity index (χ2v) is 7.62. The van der Waals surface area contributed by atoms with E-state index < -0.39 is 9.84 Å². The molecule has 1 fully saturated rings. The summed E-state index contributed by atoms with van der Waals surface area (Å²) < 4.78 is 24.2. The summed E-state index contributed by atoms with van der Waals surface area (Å²) in [6.45, 7) is 5.19. The van der Waals surface area contributed by atoms with E-state index in [-0.39, 0.29) is 16.6 Å². The highest BCUT2D eigenvalue weighted by Crippen LogP contribution is 2.22. The van der Waals surface area contributed by atoms with Crippen molar-refractivity contribution in [3.63, 3.8) is 0 Å². The average Bonchev–Trinajstić information content (AvgIpc) is 2.47. The van der Waals surface area contributed by atoms with Crippen molar-refractivity contribution in [2.24, 2.45) is 5.92 Å². The number of sulfone groups is 1. The first-order valence-electron chi connectivity index (χ1n) is 7.06. The SMILES string of the molecule is CCS(=O)(=O)c1ccccc1C(=O)N1CCC(C)CC1. The Morgan fingerprint density at radius 1 is 1.25 bits per heavy atom. The zero-order valence-corrected chi connectivity index (χ0v) is 12.8. The highest BCUT2D eigenvalue weighted by molar-refractivity contribution is 7.91. The summed E-state index contributed by atoms with van der Waals surface area (Å²) in [5.41, 5.74) is 0.309. The molecular formula is C15H21NO3S. The van der Waals surface area contributed by atoms with E-state index in [1.807, 2.05) is 0 Å². The lowest BCUT2D eigenvalue weighted by atomic mass is 9.98. The number of likely N-dealkylation sites (tertiary alicyclic amines) is 1. The van der Waals surface area contributed by atoms with Crippen molar-refractivity contribution < 1.29 is 13.2 Å². The van der Waals surface area contributed by atoms with Crippen molar-refractivity contribution in [2.75, 3.05) is 18.8 Å². The summed E-state index contributed by atoms with van der Waals surface area (Å²) in [6, 6.07) is 6.52. The minimum absolute atomic E-state index is 0.00826. The van der Waals surface area contributed by atoms with Crippen LogP contribution in [-0.4, -0.2) is 38.1 Å². The molecule has 1 heterocycles. The first kappa shape index (κ1) is 15.0. The molecule has 0 aliphatic carbocycles. The molecule has 1 aliphatic heterocycles. The number of piperidine rings is 1. The molecular weight excluding hydrogens is 274 g/mol. The van der Waals surface area contributed by atoms with E-state index in [9.17, 15) is 13.2 Å². The maximum absolute atomic E-state index is 12.6. The standard InChI is InChI=1S/C15H21NO3S/c1-3-20(18,19)14-7-5-4-6-13(14)15(17)16-10-8-12(2)9-11-16/h4-7,12H,3,8-11H2,1-2H3. The van der Waals surface area contributed by atoms with E-state index in [0.29, 0.717) is 24.6 Å². The van der Waals surface area contributed by atoms with Gasteiger partial charge in [-0.1, -0.05) is 26.0 Å². The van der Waals surface area contributed by atoms with E-state index in [1.54, 1.807) is 30.0 Å². The third-order valence-electron chi connectivity index (χ3n) is 3.90. The number of nitrogens with zero attached hydrogens (tertiary/aromatic N) is 1. The summed E-state index contributed by atoms with van der Waals surface area (Å²) in [5.74, 6) is 0.479. The van der Waals surface area contributed by atoms with Gasteiger partial charge in [0.2, 0.25) is 0 Å². The number of hydrogen-bond acceptors (Lipinski definition) is 3. The molecule has 4 nitrogen and oxygen atoms in total. The van der Waals surface area contributed by atoms with Crippen LogP contribution in [0.3, 0.4) is 0 Å². The number of amides is 1. The number of carbonyl (C=O) groups is 1. The molecule has 1 aromatic carbocycles. The van der Waals surface area contributed by atoms with Gasteiger partial charge >= 0.3 is 0 Å². The average molecular weight is 295 g/mol. The number of hydrogen-bond donors (Lipinski definition) is 0. The number of carbonyl (C=O) groups excluding carboxylic acids is 1. The Balaban J connectivity index is 2.31. The molecule has 0 spiro atoms. The first-order chi connectivity index (χ1) is 9.45. The fourth-order valence-corrected chi connectivity index (χ4v) is 3.54. The second-order valence-electron chi connectivity index (χ2n) is 5.37. The monoisotopic (exact) mass is 295 g/mol. The van der Waals surface area contributed by atoms with Crippen LogP contribution in [0.25, 0.3) is 0 Å². The first-order valence-corrected chi connectivity index (χ1v) is 8.72. The van der Waals surface area contributed by atoms with Gasteiger partial charge in [0.1, 0.15) is 0 Å². The maximum Gasteiger partial charge on any atom is 0.255 e. The quantitative estimate of drug-likeness (QED) is 0.860. The zero-order valence-electron chi connectivity index (χ0n) is 12.0. The molecule has 2 rings (SSSR count). The lowest BCUT2D eigenvalue weighted by Gasteiger charge is -2.30. The minimum Gasteiger partial charge on any atom is -0.339 e. The van der Waals surface area contributed by atoms with Gasteiger partial charge in [-0.05, 0) is 30.9 Å². The lowest BCUT2D eigenvalue weighted by molar-refractivity contribution is 0.0693. The Morgan fingerprint density at radius 3 is 2.45 bits per heavy atom. The van der Waals surface area contributed by atoms with Gasteiger partial charge in [0.15, 0.2) is 9.84 Å². The third-order valence-corrected chi connectivity index (χ3v) is 5.69. The van der Waals surface area contributed by atoms with Crippen LogP contribution in [0.1, 0.15) is 37.0 Å². The van der Waals surface area contributed by atoms with Gasteiger partial charge in [0.25, 0.3) is 5.91 Å². The Bertz CT molecular complexity index is 587. The predicted molar refractivity (Wildman–Crippen MR) is 78.5 cm³/mol. The van der Waals surface area contributed by atoms with Gasteiger partial charge in [-0.3, -0.25) is 4.79 Å². The molecule has 0 radical (unpaired) electrons. The molecule has 5 heteroatoms. The number of benzene rings is 1. The summed E-state index contributed by atoms with van der Waals surface area (Å²) in [5, 5.41) is 0. The van der Waals surface area contributed by atoms with E-state index in [1.165, 1.54) is 6.07 Å². The van der Waals surface area contributed by atoms with Crippen molar-refractivity contribution in [1.29, 1.82) is 0 Å². The maximum atomic E-state index is 12.6. The van der Waals surface area contributed by atoms with Crippen LogP contribution < -0.4 is 0 Å². The Kier molecular flexibility index (Phi) is 4.48. The largest absolute Gasteiger partial charge is 0.339 e. The van der Waals surface area contributed by atoms with Gasteiger partial charge in [-0.25, -0.2) is 8.42 Å². The molecule has 1 amide bonds. The molecule has 0 bridgehead atoms. The van der Waals surface area contributed by atoms with Gasteiger partial charge in [0, 0.05) is 13.1 Å². The van der Waals surface area contributed by atoms with Crippen molar-refractivity contribution in [3.05, 3.63) is 29.8 Å². The van der Waals surface area contributed by atoms with Crippen LogP contribution in [0.15, 0.2) is 29.2 Å². The molecule has 0 saturated carbocycles. The van der Waals surface area contributed by atoms with E-state index in [0.717, 1.165) is 12.8 Å². The molecule has 1 aliphatic rings. The van der Waals surface area contributed by atoms with E-state index >= 15 is 0 Å². The van der Waals surface area contributed by atoms with Crippen molar-refractivity contribution in [2.45, 2.75) is 31.6 Å². The fraction of sp³-hybridized carbons (Fsp3) is 0.533. The van der Waals surface area contributed by atoms with Crippen molar-refractivity contribution in [3.8, 4) is 0 Å². The third kappa shape index (κ3) is 3.03. The molecule has 0 atom stereocenters. The second kappa shape index (κ2) is 5.95. The van der Waals surface area contributed by atoms with Crippen LogP contribution in [0, 0.1) is 5.92 Å². The van der Waals surface area contributed by atoms with Gasteiger partial charge in [-0.2, -0.15) is 0 Å². The summed E-state index contributed by atoms with van der Waals surface area (Å²) in [7, 11) is -3.37. The molecule has 0 aromatic heterocycles. The normalized spacial score (nSPS) is 17.2. The Morgan fingerprint density at radius 2 is 1.85 bits per heavy atom. The Hall–Kier alpha value is -1.36. The van der Waals surface area contributed by atoms with Crippen LogP contribution in [-0.2, 0) is 9.84 Å². The minimum atomic E-state index is -3.37. The summed E-state index contributed by atoms with van der Waals surface area (Å²) >= 11 is 0. The highest BCUT2D eigenvalue weighted by Gasteiger charge is 2.26. The van der Waals surface area contributed by atoms with Gasteiger partial charge in [-0.15, -0.1) is 0 Å². The van der Waals surface area contributed by atoms with Gasteiger partial charge < -0.3 is 4.90 Å². The zero-order chi connectivity index (χ0) is 14.8. The number of rotatable bonds is 3. The van der Waals surface area contributed by atoms with Crippen molar-refractivity contribution in [1.82, 2.24) is 4.90 Å². The van der Waals surface area contributed by atoms with Crippen molar-refractivity contribution >= 4 is 15.7 Å². The van der Waals surface area contributed by atoms with E-state index in [4.69, 9.17) is 0 Å². The molecule has 1 saturated heterocycles. The van der Waals surface area contributed by atoms with Crippen LogP contribution in [0.2, 0.25) is 0 Å². The molecule has 0 unspecified atom stereocenters. The Labute approximate surface area is 120 Å². The lowest BCUT2D eigenvalue weighted by Crippen LogP contribution is -2.38. The van der Waals surface area contributed by atoms with Gasteiger partial charge in [0.05, 0.1) is 16.2 Å². The van der Waals surface area contributed by atoms with E-state index in [2.05, 4.69) is 6.92 Å².